The summed E-state index contributed by atoms with van der Waals surface area (Å²) in [5, 5.41) is 10.3. The van der Waals surface area contributed by atoms with Gasteiger partial charge in [-0.25, -0.2) is 13.4 Å². The molecule has 9 heteroatoms. The lowest BCUT2D eigenvalue weighted by atomic mass is 9.94. The van der Waals surface area contributed by atoms with Crippen LogP contribution < -0.4 is 4.74 Å². The molecule has 0 spiro atoms. The van der Waals surface area contributed by atoms with Gasteiger partial charge in [-0.2, -0.15) is 4.31 Å². The van der Waals surface area contributed by atoms with E-state index in [0.717, 1.165) is 9.87 Å². The van der Waals surface area contributed by atoms with Gasteiger partial charge < -0.3 is 9.84 Å². The predicted octanol–water partition coefficient (Wildman–Crippen LogP) is 3.90. The molecule has 4 rings (SSSR count). The van der Waals surface area contributed by atoms with Crippen molar-refractivity contribution >= 4 is 27.6 Å². The fourth-order valence-corrected chi connectivity index (χ4v) is 5.03. The molecular weight excluding hydrogens is 428 g/mol. The summed E-state index contributed by atoms with van der Waals surface area (Å²) >= 11 is 5.84. The minimum Gasteiger partial charge on any atom is -0.480 e. The van der Waals surface area contributed by atoms with Gasteiger partial charge >= 0.3 is 5.97 Å². The summed E-state index contributed by atoms with van der Waals surface area (Å²) in [4.78, 5) is 15.9. The van der Waals surface area contributed by atoms with E-state index in [1.165, 1.54) is 18.3 Å². The average molecular weight is 445 g/mol. The zero-order chi connectivity index (χ0) is 21.3. The SMILES string of the molecule is O=C(O)C1c2ccccc2CCN1S(=O)(=O)c1ccc(Oc2ccc(Cl)cc2)nc1. The van der Waals surface area contributed by atoms with E-state index in [9.17, 15) is 18.3 Å². The van der Waals surface area contributed by atoms with Gasteiger partial charge in [0.2, 0.25) is 15.9 Å². The molecule has 0 aliphatic carbocycles. The summed E-state index contributed by atoms with van der Waals surface area (Å²) in [6, 6.07) is 15.1. The average Bonchev–Trinajstić information content (AvgIpc) is 2.74. The Kier molecular flexibility index (Phi) is 5.46. The molecule has 1 aromatic heterocycles. The normalized spacial score (nSPS) is 16.6. The Morgan fingerprint density at radius 2 is 1.83 bits per heavy atom. The lowest BCUT2D eigenvalue weighted by Gasteiger charge is -2.33. The molecular formula is C21H17ClN2O5S. The molecule has 0 amide bonds. The van der Waals surface area contributed by atoms with E-state index >= 15 is 0 Å². The molecule has 1 N–H and O–H groups in total. The van der Waals surface area contributed by atoms with Crippen LogP contribution >= 0.6 is 11.6 Å². The first-order valence-corrected chi connectivity index (χ1v) is 10.9. The Hall–Kier alpha value is -2.94. The van der Waals surface area contributed by atoms with Crippen LogP contribution in [0.15, 0.2) is 71.8 Å². The number of pyridine rings is 1. The quantitative estimate of drug-likeness (QED) is 0.641. The minimum absolute atomic E-state index is 0.0688. The third-order valence-electron chi connectivity index (χ3n) is 4.82. The number of sulfonamides is 1. The Morgan fingerprint density at radius 1 is 1.10 bits per heavy atom. The highest BCUT2D eigenvalue weighted by Crippen LogP contribution is 2.34. The summed E-state index contributed by atoms with van der Waals surface area (Å²) in [5.74, 6) is -0.516. The number of carbonyl (C=O) groups is 1. The predicted molar refractivity (Wildman–Crippen MR) is 110 cm³/mol. The Labute approximate surface area is 178 Å². The number of benzene rings is 2. The topological polar surface area (TPSA) is 96.8 Å². The summed E-state index contributed by atoms with van der Waals surface area (Å²) in [6.45, 7) is 0.0688. The van der Waals surface area contributed by atoms with Gasteiger partial charge in [0.25, 0.3) is 0 Å². The van der Waals surface area contributed by atoms with Crippen molar-refractivity contribution in [2.24, 2.45) is 0 Å². The second-order valence-electron chi connectivity index (χ2n) is 6.69. The number of hydrogen-bond acceptors (Lipinski definition) is 5. The first-order chi connectivity index (χ1) is 14.4. The van der Waals surface area contributed by atoms with E-state index in [-0.39, 0.29) is 17.3 Å². The number of rotatable bonds is 5. The molecule has 30 heavy (non-hydrogen) atoms. The van der Waals surface area contributed by atoms with Crippen LogP contribution in [-0.2, 0) is 21.2 Å². The monoisotopic (exact) mass is 444 g/mol. The molecule has 7 nitrogen and oxygen atoms in total. The maximum atomic E-state index is 13.2. The third-order valence-corrected chi connectivity index (χ3v) is 6.93. The van der Waals surface area contributed by atoms with Crippen molar-refractivity contribution in [3.05, 3.63) is 83.0 Å². The molecule has 0 saturated heterocycles. The van der Waals surface area contributed by atoms with Crippen molar-refractivity contribution < 1.29 is 23.1 Å². The van der Waals surface area contributed by atoms with Crippen molar-refractivity contribution in [2.75, 3.05) is 6.54 Å². The lowest BCUT2D eigenvalue weighted by Crippen LogP contribution is -2.43. The smallest absolute Gasteiger partial charge is 0.326 e. The van der Waals surface area contributed by atoms with Crippen molar-refractivity contribution in [1.29, 1.82) is 0 Å². The standard InChI is InChI=1S/C21H17ClN2O5S/c22-15-5-7-16(8-6-15)29-19-10-9-17(13-23-19)30(27,28)24-12-11-14-3-1-2-4-18(14)20(24)21(25)26/h1-10,13,20H,11-12H2,(H,25,26). The maximum Gasteiger partial charge on any atom is 0.326 e. The van der Waals surface area contributed by atoms with Gasteiger partial charge in [-0.1, -0.05) is 35.9 Å². The van der Waals surface area contributed by atoms with Crippen LogP contribution in [0.4, 0.5) is 0 Å². The number of hydrogen-bond donors (Lipinski definition) is 1. The van der Waals surface area contributed by atoms with E-state index in [2.05, 4.69) is 4.98 Å². The number of nitrogens with zero attached hydrogens (tertiary/aromatic N) is 2. The molecule has 3 aromatic rings. The maximum absolute atomic E-state index is 13.2. The van der Waals surface area contributed by atoms with Crippen LogP contribution in [0.1, 0.15) is 17.2 Å². The zero-order valence-electron chi connectivity index (χ0n) is 15.6. The highest BCUT2D eigenvalue weighted by atomic mass is 35.5. The van der Waals surface area contributed by atoms with Crippen LogP contribution in [0.2, 0.25) is 5.02 Å². The first kappa shape index (κ1) is 20.3. The van der Waals surface area contributed by atoms with Crippen LogP contribution in [-0.4, -0.2) is 35.3 Å². The molecule has 2 aromatic carbocycles. The van der Waals surface area contributed by atoms with Crippen molar-refractivity contribution in [1.82, 2.24) is 9.29 Å². The van der Waals surface area contributed by atoms with Gasteiger partial charge in [0.05, 0.1) is 6.20 Å². The minimum atomic E-state index is -4.08. The number of ether oxygens (including phenoxy) is 1. The second-order valence-corrected chi connectivity index (χ2v) is 9.02. The number of aliphatic carboxylic acids is 1. The van der Waals surface area contributed by atoms with E-state index < -0.39 is 22.0 Å². The number of fused-ring (bicyclic) bond motifs is 1. The van der Waals surface area contributed by atoms with Gasteiger partial charge in [0, 0.05) is 17.6 Å². The lowest BCUT2D eigenvalue weighted by molar-refractivity contribution is -0.142. The van der Waals surface area contributed by atoms with E-state index in [0.29, 0.717) is 22.8 Å². The summed E-state index contributed by atoms with van der Waals surface area (Å²) in [7, 11) is -4.08. The van der Waals surface area contributed by atoms with E-state index in [4.69, 9.17) is 16.3 Å². The fourth-order valence-electron chi connectivity index (χ4n) is 3.40. The fraction of sp³-hybridized carbons (Fsp3) is 0.143. The molecule has 1 unspecified atom stereocenters. The second kappa shape index (κ2) is 8.06. The molecule has 1 aliphatic heterocycles. The Balaban J connectivity index is 1.61. The van der Waals surface area contributed by atoms with Crippen LogP contribution in [0.5, 0.6) is 11.6 Å². The highest BCUT2D eigenvalue weighted by Gasteiger charge is 2.40. The van der Waals surface area contributed by atoms with Gasteiger partial charge in [-0.05, 0) is 47.9 Å². The molecule has 0 saturated carbocycles. The van der Waals surface area contributed by atoms with Gasteiger partial charge in [0.15, 0.2) is 0 Å². The molecule has 1 atom stereocenters. The molecule has 0 bridgehead atoms. The van der Waals surface area contributed by atoms with Gasteiger partial charge in [-0.15, -0.1) is 0 Å². The Morgan fingerprint density at radius 3 is 2.50 bits per heavy atom. The summed E-state index contributed by atoms with van der Waals surface area (Å²) < 4.78 is 33.0. The number of carboxylic acids is 1. The van der Waals surface area contributed by atoms with Crippen molar-refractivity contribution in [3.63, 3.8) is 0 Å². The third kappa shape index (κ3) is 3.89. The summed E-state index contributed by atoms with van der Waals surface area (Å²) in [6.07, 6.45) is 1.60. The van der Waals surface area contributed by atoms with Crippen LogP contribution in [0.25, 0.3) is 0 Å². The molecule has 154 valence electrons. The van der Waals surface area contributed by atoms with Crippen LogP contribution in [0, 0.1) is 0 Å². The van der Waals surface area contributed by atoms with Crippen molar-refractivity contribution in [3.8, 4) is 11.6 Å². The number of halogens is 1. The molecule has 1 aliphatic rings. The molecule has 2 heterocycles. The largest absolute Gasteiger partial charge is 0.480 e. The number of carboxylic acid groups (broad SMARTS) is 1. The van der Waals surface area contributed by atoms with Gasteiger partial charge in [-0.3, -0.25) is 4.79 Å². The highest BCUT2D eigenvalue weighted by molar-refractivity contribution is 7.89. The number of aromatic nitrogens is 1. The summed E-state index contributed by atoms with van der Waals surface area (Å²) in [5.41, 5.74) is 1.32. The zero-order valence-corrected chi connectivity index (χ0v) is 17.2. The van der Waals surface area contributed by atoms with Gasteiger partial charge in [0.1, 0.15) is 16.7 Å². The molecule has 0 radical (unpaired) electrons. The van der Waals surface area contributed by atoms with E-state index in [1.807, 2.05) is 12.1 Å². The Bertz CT molecular complexity index is 1180. The first-order valence-electron chi connectivity index (χ1n) is 9.08. The van der Waals surface area contributed by atoms with E-state index in [1.54, 1.807) is 36.4 Å². The van der Waals surface area contributed by atoms with Crippen LogP contribution in [0.3, 0.4) is 0 Å². The molecule has 0 fully saturated rings. The van der Waals surface area contributed by atoms with Crippen molar-refractivity contribution in [2.45, 2.75) is 17.4 Å².